The number of esters is 1. The lowest BCUT2D eigenvalue weighted by Gasteiger charge is -2.14. The van der Waals surface area contributed by atoms with Crippen molar-refractivity contribution in [1.82, 2.24) is 5.32 Å². The summed E-state index contributed by atoms with van der Waals surface area (Å²) < 4.78 is 4.50. The Kier molecular flexibility index (Phi) is 4.57. The van der Waals surface area contributed by atoms with Crippen LogP contribution in [0.1, 0.15) is 29.3 Å². The molecular formula is C15H18N2O4. The fourth-order valence-electron chi connectivity index (χ4n) is 2.35. The van der Waals surface area contributed by atoms with Gasteiger partial charge in [-0.3, -0.25) is 14.4 Å². The van der Waals surface area contributed by atoms with Gasteiger partial charge in [-0.25, -0.2) is 0 Å². The third kappa shape index (κ3) is 3.39. The first kappa shape index (κ1) is 15.0. The van der Waals surface area contributed by atoms with E-state index in [2.05, 4.69) is 10.1 Å². The molecule has 6 heteroatoms. The summed E-state index contributed by atoms with van der Waals surface area (Å²) in [6, 6.07) is 5.28. The minimum Gasteiger partial charge on any atom is -0.469 e. The summed E-state index contributed by atoms with van der Waals surface area (Å²) in [4.78, 5) is 36.1. The minimum absolute atomic E-state index is 0.00373. The Bertz CT molecular complexity index is 583. The largest absolute Gasteiger partial charge is 0.469 e. The van der Waals surface area contributed by atoms with E-state index in [0.717, 1.165) is 17.7 Å². The quantitative estimate of drug-likeness (QED) is 0.836. The lowest BCUT2D eigenvalue weighted by atomic mass is 10.1. The molecule has 0 spiro atoms. The summed E-state index contributed by atoms with van der Waals surface area (Å²) >= 11 is 0. The van der Waals surface area contributed by atoms with Crippen LogP contribution in [0.4, 0.5) is 5.69 Å². The topological polar surface area (TPSA) is 75.7 Å². The second-order valence-corrected chi connectivity index (χ2v) is 4.85. The molecule has 1 heterocycles. The van der Waals surface area contributed by atoms with Gasteiger partial charge in [0.15, 0.2) is 0 Å². The summed E-state index contributed by atoms with van der Waals surface area (Å²) in [6.07, 6.45) is 0.892. The number of nitrogens with zero attached hydrogens (tertiary/aromatic N) is 1. The number of carbonyl (C=O) groups is 3. The SMILES string of the molecule is COC(=O)CCNC(=O)c1ccc2c(c1)CCN2C(C)=O. The van der Waals surface area contributed by atoms with Crippen LogP contribution in [0.15, 0.2) is 18.2 Å². The van der Waals surface area contributed by atoms with Gasteiger partial charge in [0.25, 0.3) is 5.91 Å². The third-order valence-corrected chi connectivity index (χ3v) is 3.46. The van der Waals surface area contributed by atoms with E-state index < -0.39 is 0 Å². The molecule has 0 bridgehead atoms. The van der Waals surface area contributed by atoms with E-state index in [4.69, 9.17) is 0 Å². The van der Waals surface area contributed by atoms with Crippen molar-refractivity contribution in [2.24, 2.45) is 0 Å². The van der Waals surface area contributed by atoms with Crippen LogP contribution < -0.4 is 10.2 Å². The maximum atomic E-state index is 12.0. The first-order chi connectivity index (χ1) is 10.0. The average molecular weight is 290 g/mol. The average Bonchev–Trinajstić information content (AvgIpc) is 2.89. The summed E-state index contributed by atoms with van der Waals surface area (Å²) in [5.41, 5.74) is 2.39. The van der Waals surface area contributed by atoms with Crippen molar-refractivity contribution >= 4 is 23.5 Å². The van der Waals surface area contributed by atoms with E-state index in [0.29, 0.717) is 12.1 Å². The minimum atomic E-state index is -0.360. The first-order valence-corrected chi connectivity index (χ1v) is 6.79. The van der Waals surface area contributed by atoms with Crippen molar-refractivity contribution in [3.8, 4) is 0 Å². The molecule has 0 radical (unpaired) electrons. The molecule has 0 saturated carbocycles. The molecular weight excluding hydrogens is 272 g/mol. The fourth-order valence-corrected chi connectivity index (χ4v) is 2.35. The first-order valence-electron chi connectivity index (χ1n) is 6.79. The number of ether oxygens (including phenoxy) is 1. The number of fused-ring (bicyclic) bond motifs is 1. The van der Waals surface area contributed by atoms with Gasteiger partial charge >= 0.3 is 5.97 Å². The normalized spacial score (nSPS) is 12.8. The van der Waals surface area contributed by atoms with Crippen molar-refractivity contribution in [3.05, 3.63) is 29.3 Å². The molecule has 6 nitrogen and oxygen atoms in total. The number of rotatable bonds is 4. The number of nitrogens with one attached hydrogen (secondary N) is 1. The number of methoxy groups -OCH3 is 1. The molecule has 1 aromatic rings. The maximum Gasteiger partial charge on any atom is 0.307 e. The van der Waals surface area contributed by atoms with E-state index in [-0.39, 0.29) is 30.7 Å². The fraction of sp³-hybridized carbons (Fsp3) is 0.400. The van der Waals surface area contributed by atoms with Crippen LogP contribution in [-0.2, 0) is 20.7 Å². The molecule has 1 N–H and O–H groups in total. The molecule has 112 valence electrons. The predicted molar refractivity (Wildman–Crippen MR) is 77.1 cm³/mol. The number of anilines is 1. The van der Waals surface area contributed by atoms with Crippen molar-refractivity contribution < 1.29 is 19.1 Å². The van der Waals surface area contributed by atoms with Crippen LogP contribution >= 0.6 is 0 Å². The Hall–Kier alpha value is -2.37. The van der Waals surface area contributed by atoms with E-state index in [1.807, 2.05) is 0 Å². The van der Waals surface area contributed by atoms with Gasteiger partial charge in [0.2, 0.25) is 5.91 Å². The number of hydrogen-bond donors (Lipinski definition) is 1. The second-order valence-electron chi connectivity index (χ2n) is 4.85. The molecule has 21 heavy (non-hydrogen) atoms. The van der Waals surface area contributed by atoms with Crippen LogP contribution in [0, 0.1) is 0 Å². The Balaban J connectivity index is 2.01. The highest BCUT2D eigenvalue weighted by atomic mass is 16.5. The van der Waals surface area contributed by atoms with Gasteiger partial charge < -0.3 is 15.0 Å². The van der Waals surface area contributed by atoms with Gasteiger partial charge in [-0.1, -0.05) is 0 Å². The highest BCUT2D eigenvalue weighted by Gasteiger charge is 2.23. The zero-order valence-corrected chi connectivity index (χ0v) is 12.1. The van der Waals surface area contributed by atoms with Crippen LogP contribution in [0.25, 0.3) is 0 Å². The van der Waals surface area contributed by atoms with Crippen LogP contribution in [0.3, 0.4) is 0 Å². The van der Waals surface area contributed by atoms with Crippen molar-refractivity contribution in [3.63, 3.8) is 0 Å². The summed E-state index contributed by atoms with van der Waals surface area (Å²) in [5, 5.41) is 2.67. The molecule has 2 rings (SSSR count). The number of amides is 2. The lowest BCUT2D eigenvalue weighted by Crippen LogP contribution is -2.27. The van der Waals surface area contributed by atoms with Crippen LogP contribution in [-0.4, -0.2) is 38.0 Å². The standard InChI is InChI=1S/C15H18N2O4/c1-10(18)17-8-6-11-9-12(3-4-13(11)17)15(20)16-7-5-14(19)21-2/h3-4,9H,5-8H2,1-2H3,(H,16,20). The Labute approximate surface area is 123 Å². The van der Waals surface area contributed by atoms with Crippen LogP contribution in [0.5, 0.6) is 0 Å². The van der Waals surface area contributed by atoms with E-state index in [1.165, 1.54) is 14.0 Å². The summed E-state index contributed by atoms with van der Waals surface area (Å²) in [6.45, 7) is 2.42. The van der Waals surface area contributed by atoms with Gasteiger partial charge in [-0.15, -0.1) is 0 Å². The predicted octanol–water partition coefficient (Wildman–Crippen LogP) is 0.888. The highest BCUT2D eigenvalue weighted by molar-refractivity contribution is 5.97. The maximum absolute atomic E-state index is 12.0. The van der Waals surface area contributed by atoms with Gasteiger partial charge in [0, 0.05) is 31.3 Å². The molecule has 0 unspecified atom stereocenters. The van der Waals surface area contributed by atoms with Gasteiger partial charge in [0.05, 0.1) is 13.5 Å². The third-order valence-electron chi connectivity index (χ3n) is 3.46. The monoisotopic (exact) mass is 290 g/mol. The highest BCUT2D eigenvalue weighted by Crippen LogP contribution is 2.28. The van der Waals surface area contributed by atoms with Crippen molar-refractivity contribution in [2.45, 2.75) is 19.8 Å². The Morgan fingerprint density at radius 2 is 2.10 bits per heavy atom. The number of benzene rings is 1. The zero-order chi connectivity index (χ0) is 15.4. The molecule has 0 aromatic heterocycles. The molecule has 1 aliphatic rings. The van der Waals surface area contributed by atoms with E-state index in [1.54, 1.807) is 23.1 Å². The molecule has 1 aliphatic heterocycles. The molecule has 0 fully saturated rings. The van der Waals surface area contributed by atoms with Crippen LogP contribution in [0.2, 0.25) is 0 Å². The summed E-state index contributed by atoms with van der Waals surface area (Å²) in [5.74, 6) is -0.589. The molecule has 0 aliphatic carbocycles. The Morgan fingerprint density at radius 3 is 2.76 bits per heavy atom. The van der Waals surface area contributed by atoms with Crippen molar-refractivity contribution in [1.29, 1.82) is 0 Å². The van der Waals surface area contributed by atoms with E-state index >= 15 is 0 Å². The molecule has 1 aromatic carbocycles. The molecule has 0 saturated heterocycles. The van der Waals surface area contributed by atoms with E-state index in [9.17, 15) is 14.4 Å². The zero-order valence-electron chi connectivity index (χ0n) is 12.1. The number of hydrogen-bond acceptors (Lipinski definition) is 4. The second kappa shape index (κ2) is 6.39. The smallest absolute Gasteiger partial charge is 0.307 e. The van der Waals surface area contributed by atoms with Gasteiger partial charge in [-0.05, 0) is 30.2 Å². The number of carbonyl (C=O) groups excluding carboxylic acids is 3. The van der Waals surface area contributed by atoms with Gasteiger partial charge in [0.1, 0.15) is 0 Å². The summed E-state index contributed by atoms with van der Waals surface area (Å²) in [7, 11) is 1.31. The van der Waals surface area contributed by atoms with Gasteiger partial charge in [-0.2, -0.15) is 0 Å². The lowest BCUT2D eigenvalue weighted by molar-refractivity contribution is -0.140. The Morgan fingerprint density at radius 1 is 1.33 bits per heavy atom. The molecule has 2 amide bonds. The molecule has 0 atom stereocenters. The van der Waals surface area contributed by atoms with Crippen molar-refractivity contribution in [2.75, 3.05) is 25.1 Å².